The number of carbonyl (C=O) groups excluding carboxylic acids is 1. The molecular formula is C11H10Cl2O2S. The molecule has 1 aromatic carbocycles. The standard InChI is InChI=1S/C11H10Cl2O2S/c1-16-10-3-2-9(6-8(10)7-14)15-5-4-11(12)13/h2-4,6-7H,5H2,1H3. The van der Waals surface area contributed by atoms with Gasteiger partial charge in [-0.05, 0) is 30.5 Å². The normalized spacial score (nSPS) is 9.69. The lowest BCUT2D eigenvalue weighted by atomic mass is 10.2. The van der Waals surface area contributed by atoms with Crippen molar-refractivity contribution < 1.29 is 9.53 Å². The predicted molar refractivity (Wildman–Crippen MR) is 68.9 cm³/mol. The minimum atomic E-state index is 0.163. The van der Waals surface area contributed by atoms with Crippen LogP contribution in [-0.4, -0.2) is 19.1 Å². The molecule has 0 heterocycles. The second kappa shape index (κ2) is 6.84. The molecular weight excluding hydrogens is 267 g/mol. The number of hydrogen-bond donors (Lipinski definition) is 0. The van der Waals surface area contributed by atoms with Crippen molar-refractivity contribution in [3.05, 3.63) is 34.3 Å². The molecule has 86 valence electrons. The van der Waals surface area contributed by atoms with E-state index in [1.54, 1.807) is 12.1 Å². The molecule has 0 amide bonds. The van der Waals surface area contributed by atoms with Crippen molar-refractivity contribution in [3.63, 3.8) is 0 Å². The smallest absolute Gasteiger partial charge is 0.151 e. The molecule has 0 unspecified atom stereocenters. The number of rotatable bonds is 5. The van der Waals surface area contributed by atoms with Gasteiger partial charge in [-0.25, -0.2) is 0 Å². The van der Waals surface area contributed by atoms with Crippen LogP contribution in [0.5, 0.6) is 5.75 Å². The zero-order valence-electron chi connectivity index (χ0n) is 8.57. The zero-order valence-corrected chi connectivity index (χ0v) is 10.9. The van der Waals surface area contributed by atoms with Gasteiger partial charge in [0.05, 0.1) is 0 Å². The van der Waals surface area contributed by atoms with Crippen molar-refractivity contribution in [2.45, 2.75) is 4.90 Å². The Morgan fingerprint density at radius 2 is 2.25 bits per heavy atom. The molecule has 0 saturated heterocycles. The molecule has 5 heteroatoms. The minimum absolute atomic E-state index is 0.163. The van der Waals surface area contributed by atoms with E-state index < -0.39 is 0 Å². The van der Waals surface area contributed by atoms with E-state index in [1.165, 1.54) is 17.8 Å². The van der Waals surface area contributed by atoms with E-state index in [0.29, 0.717) is 11.3 Å². The van der Waals surface area contributed by atoms with Crippen molar-refractivity contribution in [2.75, 3.05) is 12.9 Å². The summed E-state index contributed by atoms with van der Waals surface area (Å²) in [7, 11) is 0. The Bertz CT molecular complexity index is 401. The van der Waals surface area contributed by atoms with Gasteiger partial charge >= 0.3 is 0 Å². The molecule has 0 N–H and O–H groups in total. The molecule has 0 aliphatic rings. The zero-order chi connectivity index (χ0) is 12.0. The van der Waals surface area contributed by atoms with E-state index in [1.807, 2.05) is 12.3 Å². The maximum Gasteiger partial charge on any atom is 0.151 e. The Kier molecular flexibility index (Phi) is 5.74. The number of ether oxygens (including phenoxy) is 1. The van der Waals surface area contributed by atoms with Crippen molar-refractivity contribution in [2.24, 2.45) is 0 Å². The SMILES string of the molecule is CSc1ccc(OCC=C(Cl)Cl)cc1C=O. The van der Waals surface area contributed by atoms with Gasteiger partial charge in [0.15, 0.2) is 6.29 Å². The van der Waals surface area contributed by atoms with Gasteiger partial charge in [-0.15, -0.1) is 11.8 Å². The third-order valence-electron chi connectivity index (χ3n) is 1.82. The number of halogens is 2. The van der Waals surface area contributed by atoms with Crippen LogP contribution in [0.4, 0.5) is 0 Å². The van der Waals surface area contributed by atoms with E-state index in [0.717, 1.165) is 11.2 Å². The molecule has 0 saturated carbocycles. The van der Waals surface area contributed by atoms with Gasteiger partial charge in [-0.2, -0.15) is 0 Å². The van der Waals surface area contributed by atoms with Crippen molar-refractivity contribution in [3.8, 4) is 5.75 Å². The monoisotopic (exact) mass is 276 g/mol. The molecule has 1 aromatic rings. The summed E-state index contributed by atoms with van der Waals surface area (Å²) in [4.78, 5) is 11.7. The van der Waals surface area contributed by atoms with Gasteiger partial charge in [0.25, 0.3) is 0 Å². The Labute approximate surface area is 109 Å². The van der Waals surface area contributed by atoms with Crippen molar-refractivity contribution in [1.82, 2.24) is 0 Å². The Morgan fingerprint density at radius 3 is 2.81 bits per heavy atom. The first-order chi connectivity index (χ1) is 7.67. The largest absolute Gasteiger partial charge is 0.489 e. The Balaban J connectivity index is 2.75. The lowest BCUT2D eigenvalue weighted by molar-refractivity contribution is 0.112. The molecule has 0 aliphatic heterocycles. The first kappa shape index (κ1) is 13.4. The van der Waals surface area contributed by atoms with Crippen molar-refractivity contribution in [1.29, 1.82) is 0 Å². The highest BCUT2D eigenvalue weighted by Gasteiger charge is 2.02. The fourth-order valence-electron chi connectivity index (χ4n) is 1.10. The molecule has 1 rings (SSSR count). The summed E-state index contributed by atoms with van der Waals surface area (Å²) in [5.41, 5.74) is 0.617. The van der Waals surface area contributed by atoms with Crippen LogP contribution in [-0.2, 0) is 0 Å². The lowest BCUT2D eigenvalue weighted by Crippen LogP contribution is -1.95. The first-order valence-electron chi connectivity index (χ1n) is 4.44. The maximum atomic E-state index is 10.8. The number of carbonyl (C=O) groups is 1. The van der Waals surface area contributed by atoms with Gasteiger partial charge in [-0.1, -0.05) is 23.2 Å². The summed E-state index contributed by atoms with van der Waals surface area (Å²) in [5.74, 6) is 0.616. The molecule has 0 aliphatic carbocycles. The minimum Gasteiger partial charge on any atom is -0.489 e. The Morgan fingerprint density at radius 1 is 1.50 bits per heavy atom. The van der Waals surface area contributed by atoms with Crippen LogP contribution in [0, 0.1) is 0 Å². The number of benzene rings is 1. The highest BCUT2D eigenvalue weighted by molar-refractivity contribution is 7.98. The predicted octanol–water partition coefficient (Wildman–Crippen LogP) is 3.92. The molecule has 0 fully saturated rings. The molecule has 0 bridgehead atoms. The van der Waals surface area contributed by atoms with Crippen LogP contribution in [0.15, 0.2) is 33.7 Å². The summed E-state index contributed by atoms with van der Waals surface area (Å²) in [6, 6.07) is 5.33. The number of hydrogen-bond acceptors (Lipinski definition) is 3. The van der Waals surface area contributed by atoms with Crippen LogP contribution in [0.3, 0.4) is 0 Å². The summed E-state index contributed by atoms with van der Waals surface area (Å²) in [6.07, 6.45) is 4.26. The average molecular weight is 277 g/mol. The van der Waals surface area contributed by atoms with E-state index in [2.05, 4.69) is 0 Å². The number of aldehydes is 1. The first-order valence-corrected chi connectivity index (χ1v) is 6.42. The molecule has 0 radical (unpaired) electrons. The summed E-state index contributed by atoms with van der Waals surface area (Å²) in [6.45, 7) is 0.277. The molecule has 2 nitrogen and oxygen atoms in total. The van der Waals surface area contributed by atoms with Crippen LogP contribution in [0.1, 0.15) is 10.4 Å². The molecule has 0 atom stereocenters. The third kappa shape index (κ3) is 4.08. The van der Waals surface area contributed by atoms with Gasteiger partial charge < -0.3 is 4.74 Å². The van der Waals surface area contributed by atoms with E-state index >= 15 is 0 Å². The summed E-state index contributed by atoms with van der Waals surface area (Å²) in [5, 5.41) is 0. The number of thioether (sulfide) groups is 1. The Hall–Kier alpha value is -0.640. The van der Waals surface area contributed by atoms with E-state index in [-0.39, 0.29) is 11.1 Å². The van der Waals surface area contributed by atoms with Crippen molar-refractivity contribution >= 4 is 41.2 Å². The van der Waals surface area contributed by atoms with Crippen LogP contribution in [0.2, 0.25) is 0 Å². The van der Waals surface area contributed by atoms with Crippen LogP contribution >= 0.6 is 35.0 Å². The fourth-order valence-corrected chi connectivity index (χ4v) is 1.77. The second-order valence-electron chi connectivity index (χ2n) is 2.83. The maximum absolute atomic E-state index is 10.8. The topological polar surface area (TPSA) is 26.3 Å². The average Bonchev–Trinajstić information content (AvgIpc) is 2.28. The summed E-state index contributed by atoms with van der Waals surface area (Å²) >= 11 is 12.4. The van der Waals surface area contributed by atoms with E-state index in [9.17, 15) is 4.79 Å². The highest BCUT2D eigenvalue weighted by atomic mass is 35.5. The fraction of sp³-hybridized carbons (Fsp3) is 0.182. The molecule has 0 spiro atoms. The van der Waals surface area contributed by atoms with Crippen LogP contribution in [0.25, 0.3) is 0 Å². The highest BCUT2D eigenvalue weighted by Crippen LogP contribution is 2.23. The van der Waals surface area contributed by atoms with Crippen LogP contribution < -0.4 is 4.74 Å². The molecule has 0 aromatic heterocycles. The third-order valence-corrected chi connectivity index (χ3v) is 2.94. The van der Waals surface area contributed by atoms with Gasteiger partial charge in [-0.3, -0.25) is 4.79 Å². The van der Waals surface area contributed by atoms with Gasteiger partial charge in [0, 0.05) is 10.5 Å². The summed E-state index contributed by atoms with van der Waals surface area (Å²) < 4.78 is 5.51. The lowest BCUT2D eigenvalue weighted by Gasteiger charge is -2.06. The molecule has 16 heavy (non-hydrogen) atoms. The van der Waals surface area contributed by atoms with Gasteiger partial charge in [0.1, 0.15) is 16.8 Å². The second-order valence-corrected chi connectivity index (χ2v) is 4.68. The van der Waals surface area contributed by atoms with Gasteiger partial charge in [0.2, 0.25) is 0 Å². The van der Waals surface area contributed by atoms with E-state index in [4.69, 9.17) is 27.9 Å². The quantitative estimate of drug-likeness (QED) is 0.602.